The van der Waals surface area contributed by atoms with E-state index in [1.54, 1.807) is 24.5 Å². The van der Waals surface area contributed by atoms with Crippen LogP contribution in [0.25, 0.3) is 11.4 Å². The molecule has 6 nitrogen and oxygen atoms in total. The fraction of sp³-hybridized carbons (Fsp3) is 0.286. The second kappa shape index (κ2) is 8.49. The van der Waals surface area contributed by atoms with Gasteiger partial charge >= 0.3 is 0 Å². The van der Waals surface area contributed by atoms with Crippen LogP contribution in [0, 0.1) is 0 Å². The fourth-order valence-electron chi connectivity index (χ4n) is 2.99. The molecule has 0 radical (unpaired) electrons. The van der Waals surface area contributed by atoms with Crippen LogP contribution in [0.1, 0.15) is 42.0 Å². The van der Waals surface area contributed by atoms with Crippen molar-refractivity contribution < 1.29 is 9.59 Å². The van der Waals surface area contributed by atoms with Gasteiger partial charge in [-0.2, -0.15) is 0 Å². The molecule has 0 saturated heterocycles. The number of pyridine rings is 1. The molecule has 6 heteroatoms. The minimum absolute atomic E-state index is 0.0243. The fourth-order valence-corrected chi connectivity index (χ4v) is 2.99. The molecule has 1 aromatic carbocycles. The van der Waals surface area contributed by atoms with Gasteiger partial charge in [0.05, 0.1) is 0 Å². The number of ketones is 2. The highest BCUT2D eigenvalue weighted by Gasteiger charge is 2.14. The number of carbonyl (C=O) groups is 2. The van der Waals surface area contributed by atoms with E-state index in [-0.39, 0.29) is 11.6 Å². The first-order valence-corrected chi connectivity index (χ1v) is 9.02. The van der Waals surface area contributed by atoms with Gasteiger partial charge in [-0.25, -0.2) is 0 Å². The molecule has 0 N–H and O–H groups in total. The van der Waals surface area contributed by atoms with Crippen LogP contribution >= 0.6 is 0 Å². The highest BCUT2D eigenvalue weighted by Crippen LogP contribution is 2.18. The number of rotatable bonds is 8. The van der Waals surface area contributed by atoms with Crippen molar-refractivity contribution in [3.05, 3.63) is 65.7 Å². The summed E-state index contributed by atoms with van der Waals surface area (Å²) in [6, 6.07) is 11.0. The van der Waals surface area contributed by atoms with Gasteiger partial charge in [-0.05, 0) is 31.5 Å². The van der Waals surface area contributed by atoms with Crippen molar-refractivity contribution in [2.24, 2.45) is 0 Å². The van der Waals surface area contributed by atoms with E-state index < -0.39 is 0 Å². The summed E-state index contributed by atoms with van der Waals surface area (Å²) in [5, 5.41) is 8.54. The maximum Gasteiger partial charge on any atom is 0.165 e. The Morgan fingerprint density at radius 1 is 1.07 bits per heavy atom. The standard InChI is InChI=1S/C21H22N4O2/c1-3-25-20(23-24-21(25)18-5-4-12-22-14-18)11-10-19(27)13-16-6-8-17(9-7-16)15(2)26/h4-9,12,14H,3,10-11,13H2,1-2H3. The van der Waals surface area contributed by atoms with Crippen molar-refractivity contribution in [3.63, 3.8) is 0 Å². The van der Waals surface area contributed by atoms with Crippen molar-refractivity contribution >= 4 is 11.6 Å². The number of benzene rings is 1. The Bertz CT molecular complexity index is 931. The Kier molecular flexibility index (Phi) is 5.86. The van der Waals surface area contributed by atoms with Gasteiger partial charge in [-0.3, -0.25) is 14.6 Å². The van der Waals surface area contributed by atoms with E-state index in [1.807, 2.05) is 35.8 Å². The van der Waals surface area contributed by atoms with E-state index in [9.17, 15) is 9.59 Å². The van der Waals surface area contributed by atoms with E-state index >= 15 is 0 Å². The Morgan fingerprint density at radius 3 is 2.48 bits per heavy atom. The molecule has 0 saturated carbocycles. The molecule has 3 aromatic rings. The Labute approximate surface area is 158 Å². The second-order valence-corrected chi connectivity index (χ2v) is 6.39. The summed E-state index contributed by atoms with van der Waals surface area (Å²) in [5.74, 6) is 1.74. The number of nitrogens with zero attached hydrogens (tertiary/aromatic N) is 4. The number of Topliss-reactive ketones (excluding diaryl/α,β-unsaturated/α-hetero) is 2. The largest absolute Gasteiger partial charge is 0.311 e. The van der Waals surface area contributed by atoms with Gasteiger partial charge in [0.2, 0.25) is 0 Å². The predicted octanol–water partition coefficient (Wildman–Crippen LogP) is 3.31. The van der Waals surface area contributed by atoms with Crippen LogP contribution in [0.2, 0.25) is 0 Å². The summed E-state index contributed by atoms with van der Waals surface area (Å²) >= 11 is 0. The average molecular weight is 362 g/mol. The number of hydrogen-bond donors (Lipinski definition) is 0. The number of aryl methyl sites for hydroxylation is 1. The van der Waals surface area contributed by atoms with E-state index in [1.165, 1.54) is 6.92 Å². The second-order valence-electron chi connectivity index (χ2n) is 6.39. The van der Waals surface area contributed by atoms with E-state index in [4.69, 9.17) is 0 Å². The molecule has 0 atom stereocenters. The third-order valence-electron chi connectivity index (χ3n) is 4.45. The van der Waals surface area contributed by atoms with Crippen LogP contribution in [-0.2, 0) is 24.2 Å². The lowest BCUT2D eigenvalue weighted by Crippen LogP contribution is -2.09. The van der Waals surface area contributed by atoms with Gasteiger partial charge in [0.1, 0.15) is 11.6 Å². The highest BCUT2D eigenvalue weighted by molar-refractivity contribution is 5.94. The van der Waals surface area contributed by atoms with Crippen LogP contribution in [-0.4, -0.2) is 31.3 Å². The van der Waals surface area contributed by atoms with E-state index in [0.717, 1.165) is 29.3 Å². The van der Waals surface area contributed by atoms with Gasteiger partial charge in [-0.1, -0.05) is 24.3 Å². The van der Waals surface area contributed by atoms with Crippen molar-refractivity contribution in [2.45, 2.75) is 39.7 Å². The zero-order valence-electron chi connectivity index (χ0n) is 15.6. The minimum Gasteiger partial charge on any atom is -0.311 e. The zero-order chi connectivity index (χ0) is 19.2. The van der Waals surface area contributed by atoms with Gasteiger partial charge in [0, 0.05) is 49.3 Å². The van der Waals surface area contributed by atoms with Crippen LogP contribution in [0.3, 0.4) is 0 Å². The first kappa shape index (κ1) is 18.6. The molecule has 2 heterocycles. The zero-order valence-corrected chi connectivity index (χ0v) is 15.6. The van der Waals surface area contributed by atoms with Crippen LogP contribution in [0.4, 0.5) is 0 Å². The summed E-state index contributed by atoms with van der Waals surface area (Å²) in [6.07, 6.45) is 4.79. The summed E-state index contributed by atoms with van der Waals surface area (Å²) in [5.41, 5.74) is 2.48. The normalized spacial score (nSPS) is 10.7. The molecule has 27 heavy (non-hydrogen) atoms. The molecule has 0 aliphatic carbocycles. The topological polar surface area (TPSA) is 77.7 Å². The Morgan fingerprint density at radius 2 is 1.85 bits per heavy atom. The summed E-state index contributed by atoms with van der Waals surface area (Å²) in [4.78, 5) is 27.8. The lowest BCUT2D eigenvalue weighted by atomic mass is 10.0. The minimum atomic E-state index is 0.0243. The molecule has 0 unspecified atom stereocenters. The Hall–Kier alpha value is -3.15. The molecular weight excluding hydrogens is 340 g/mol. The summed E-state index contributed by atoms with van der Waals surface area (Å²) in [6.45, 7) is 4.29. The first-order chi connectivity index (χ1) is 13.1. The lowest BCUT2D eigenvalue weighted by molar-refractivity contribution is -0.118. The Balaban J connectivity index is 1.63. The van der Waals surface area contributed by atoms with Gasteiger partial charge in [0.15, 0.2) is 11.6 Å². The van der Waals surface area contributed by atoms with Crippen LogP contribution in [0.5, 0.6) is 0 Å². The van der Waals surface area contributed by atoms with Gasteiger partial charge in [0.25, 0.3) is 0 Å². The maximum atomic E-state index is 12.3. The smallest absolute Gasteiger partial charge is 0.165 e. The van der Waals surface area contributed by atoms with Crippen molar-refractivity contribution in [3.8, 4) is 11.4 Å². The van der Waals surface area contributed by atoms with Crippen LogP contribution in [0.15, 0.2) is 48.8 Å². The van der Waals surface area contributed by atoms with Crippen LogP contribution < -0.4 is 0 Å². The molecule has 0 aliphatic rings. The molecular formula is C21H22N4O2. The average Bonchev–Trinajstić information content (AvgIpc) is 3.10. The highest BCUT2D eigenvalue weighted by atomic mass is 16.1. The van der Waals surface area contributed by atoms with Crippen molar-refractivity contribution in [2.75, 3.05) is 0 Å². The lowest BCUT2D eigenvalue weighted by Gasteiger charge is -2.07. The van der Waals surface area contributed by atoms with Gasteiger partial charge < -0.3 is 4.57 Å². The van der Waals surface area contributed by atoms with E-state index in [0.29, 0.717) is 24.8 Å². The molecule has 0 amide bonds. The van der Waals surface area contributed by atoms with Crippen molar-refractivity contribution in [1.82, 2.24) is 19.7 Å². The first-order valence-electron chi connectivity index (χ1n) is 9.02. The molecule has 2 aromatic heterocycles. The molecule has 0 aliphatic heterocycles. The molecule has 138 valence electrons. The van der Waals surface area contributed by atoms with E-state index in [2.05, 4.69) is 15.2 Å². The number of hydrogen-bond acceptors (Lipinski definition) is 5. The molecule has 0 bridgehead atoms. The quantitative estimate of drug-likeness (QED) is 0.575. The van der Waals surface area contributed by atoms with Crippen molar-refractivity contribution in [1.29, 1.82) is 0 Å². The van der Waals surface area contributed by atoms with Gasteiger partial charge in [-0.15, -0.1) is 10.2 Å². The molecule has 0 fully saturated rings. The number of carbonyl (C=O) groups excluding carboxylic acids is 2. The summed E-state index contributed by atoms with van der Waals surface area (Å²) in [7, 11) is 0. The molecule has 0 spiro atoms. The summed E-state index contributed by atoms with van der Waals surface area (Å²) < 4.78 is 2.02. The maximum absolute atomic E-state index is 12.3. The predicted molar refractivity (Wildman–Crippen MR) is 102 cm³/mol. The SMILES string of the molecule is CCn1c(CCC(=O)Cc2ccc(C(C)=O)cc2)nnc1-c1cccnc1. The third-order valence-corrected chi connectivity index (χ3v) is 4.45. The number of aromatic nitrogens is 4. The third kappa shape index (κ3) is 4.53. The monoisotopic (exact) mass is 362 g/mol. The molecule has 3 rings (SSSR count).